The number of carbonyl (C=O) groups excluding carboxylic acids is 1. The number of aliphatic hydroxyl groups is 1. The average molecular weight is 315 g/mol. The summed E-state index contributed by atoms with van der Waals surface area (Å²) >= 11 is 0. The number of benzene rings is 1. The fraction of sp³-hybridized carbons (Fsp3) is 0.471. The molecule has 6 nitrogen and oxygen atoms in total. The third-order valence-corrected chi connectivity index (χ3v) is 4.44. The molecule has 1 heterocycles. The zero-order valence-corrected chi connectivity index (χ0v) is 13.1. The number of carbonyl (C=O) groups is 1. The van der Waals surface area contributed by atoms with E-state index in [0.717, 1.165) is 19.3 Å². The highest BCUT2D eigenvalue weighted by Gasteiger charge is 2.34. The van der Waals surface area contributed by atoms with Gasteiger partial charge in [-0.2, -0.15) is 0 Å². The molecule has 1 aromatic heterocycles. The Labute approximate surface area is 134 Å². The summed E-state index contributed by atoms with van der Waals surface area (Å²) in [5, 5.41) is 20.1. The summed E-state index contributed by atoms with van der Waals surface area (Å²) in [5.74, 6) is 0.219. The van der Waals surface area contributed by atoms with Crippen LogP contribution in [0.25, 0.3) is 0 Å². The van der Waals surface area contributed by atoms with Crippen LogP contribution in [0, 0.1) is 12.8 Å². The van der Waals surface area contributed by atoms with Gasteiger partial charge in [-0.05, 0) is 37.7 Å². The Morgan fingerprint density at radius 2 is 2.09 bits per heavy atom. The number of rotatable bonds is 6. The Balaban J connectivity index is 1.63. The topological polar surface area (TPSA) is 88.2 Å². The van der Waals surface area contributed by atoms with Crippen LogP contribution in [0.5, 0.6) is 0 Å². The molecule has 0 bridgehead atoms. The number of nitrogens with one attached hydrogen (secondary N) is 1. The molecule has 1 atom stereocenters. The van der Waals surface area contributed by atoms with E-state index in [1.165, 1.54) is 5.56 Å². The van der Waals surface area contributed by atoms with Gasteiger partial charge < -0.3 is 10.4 Å². The quantitative estimate of drug-likeness (QED) is 0.841. The van der Waals surface area contributed by atoms with Crippen LogP contribution in [-0.4, -0.2) is 33.5 Å². The van der Waals surface area contributed by atoms with Gasteiger partial charge in [-0.15, -0.1) is 0 Å². The maximum Gasteiger partial charge on any atom is 0.226 e. The first kappa shape index (κ1) is 15.7. The number of aliphatic hydroxyl groups excluding tert-OH is 1. The van der Waals surface area contributed by atoms with Gasteiger partial charge >= 0.3 is 0 Å². The Bertz CT molecular complexity index is 650. The lowest BCUT2D eigenvalue weighted by molar-refractivity contribution is -0.122. The average Bonchev–Trinajstić information content (AvgIpc) is 2.89. The molecule has 1 aromatic carbocycles. The zero-order chi connectivity index (χ0) is 16.2. The van der Waals surface area contributed by atoms with Crippen molar-refractivity contribution in [2.24, 2.45) is 5.92 Å². The fourth-order valence-electron chi connectivity index (χ4n) is 2.98. The lowest BCUT2D eigenvalue weighted by Gasteiger charge is -2.38. The van der Waals surface area contributed by atoms with Crippen molar-refractivity contribution in [3.8, 4) is 0 Å². The van der Waals surface area contributed by atoms with E-state index in [9.17, 15) is 9.90 Å². The van der Waals surface area contributed by atoms with Gasteiger partial charge in [-0.25, -0.2) is 4.63 Å². The van der Waals surface area contributed by atoms with Gasteiger partial charge in [0.15, 0.2) is 0 Å². The first-order valence-electron chi connectivity index (χ1n) is 7.91. The second-order valence-electron chi connectivity index (χ2n) is 6.22. The largest absolute Gasteiger partial charge is 0.393 e. The molecule has 1 saturated carbocycles. The van der Waals surface area contributed by atoms with Crippen LogP contribution in [0.1, 0.15) is 29.8 Å². The van der Waals surface area contributed by atoms with Gasteiger partial charge in [0.1, 0.15) is 11.4 Å². The summed E-state index contributed by atoms with van der Waals surface area (Å²) in [5.41, 5.74) is 2.38. The molecule has 1 aliphatic carbocycles. The van der Waals surface area contributed by atoms with Crippen molar-refractivity contribution in [3.63, 3.8) is 0 Å². The van der Waals surface area contributed by atoms with Crippen molar-refractivity contribution < 1.29 is 14.5 Å². The summed E-state index contributed by atoms with van der Waals surface area (Å²) in [6.07, 6.45) is 2.16. The molecule has 2 aromatic rings. The molecule has 0 radical (unpaired) electrons. The van der Waals surface area contributed by atoms with Gasteiger partial charge in [0, 0.05) is 6.04 Å². The molecule has 0 unspecified atom stereocenters. The molecule has 6 heteroatoms. The fourth-order valence-corrected chi connectivity index (χ4v) is 2.98. The van der Waals surface area contributed by atoms with Gasteiger partial charge in [0.25, 0.3) is 0 Å². The minimum atomic E-state index is -0.239. The van der Waals surface area contributed by atoms with Gasteiger partial charge in [-0.1, -0.05) is 40.6 Å². The van der Waals surface area contributed by atoms with Crippen molar-refractivity contribution in [1.29, 1.82) is 0 Å². The summed E-state index contributed by atoms with van der Waals surface area (Å²) in [6, 6.07) is 10.1. The Morgan fingerprint density at radius 3 is 2.70 bits per heavy atom. The molecule has 1 aliphatic rings. The normalized spacial score (nSPS) is 21.5. The van der Waals surface area contributed by atoms with Crippen LogP contribution < -0.4 is 5.32 Å². The van der Waals surface area contributed by atoms with Crippen molar-refractivity contribution in [2.45, 2.75) is 44.8 Å². The zero-order valence-electron chi connectivity index (χ0n) is 13.1. The highest BCUT2D eigenvalue weighted by Crippen LogP contribution is 2.31. The maximum atomic E-state index is 12.3. The number of aryl methyl sites for hydroxylation is 1. The first-order valence-corrected chi connectivity index (χ1v) is 7.91. The van der Waals surface area contributed by atoms with Crippen LogP contribution in [0.3, 0.4) is 0 Å². The molecule has 0 aliphatic heterocycles. The highest BCUT2D eigenvalue weighted by molar-refractivity contribution is 5.78. The third kappa shape index (κ3) is 3.96. The third-order valence-electron chi connectivity index (χ3n) is 4.44. The second kappa shape index (κ2) is 6.91. The van der Waals surface area contributed by atoms with Crippen molar-refractivity contribution in [3.05, 3.63) is 47.3 Å². The van der Waals surface area contributed by atoms with Crippen LogP contribution in [0.2, 0.25) is 0 Å². The van der Waals surface area contributed by atoms with Crippen LogP contribution >= 0.6 is 0 Å². The molecule has 0 spiro atoms. The Kier molecular flexibility index (Phi) is 4.71. The smallest absolute Gasteiger partial charge is 0.226 e. The van der Waals surface area contributed by atoms with E-state index in [1.54, 1.807) is 6.92 Å². The van der Waals surface area contributed by atoms with Crippen LogP contribution in [0.4, 0.5) is 0 Å². The number of amides is 1. The highest BCUT2D eigenvalue weighted by atomic mass is 16.6. The lowest BCUT2D eigenvalue weighted by Crippen LogP contribution is -2.48. The molecular weight excluding hydrogens is 294 g/mol. The molecule has 1 fully saturated rings. The van der Waals surface area contributed by atoms with Crippen molar-refractivity contribution >= 4 is 5.91 Å². The van der Waals surface area contributed by atoms with E-state index in [2.05, 4.69) is 32.4 Å². The summed E-state index contributed by atoms with van der Waals surface area (Å²) in [4.78, 5) is 12.3. The molecule has 3 rings (SSSR count). The summed E-state index contributed by atoms with van der Waals surface area (Å²) in [7, 11) is 0. The summed E-state index contributed by atoms with van der Waals surface area (Å²) in [6.45, 7) is 1.77. The molecule has 23 heavy (non-hydrogen) atoms. The second-order valence-corrected chi connectivity index (χ2v) is 6.22. The van der Waals surface area contributed by atoms with Gasteiger partial charge in [-0.3, -0.25) is 4.79 Å². The van der Waals surface area contributed by atoms with Gasteiger partial charge in [0.05, 0.1) is 12.5 Å². The van der Waals surface area contributed by atoms with E-state index in [0.29, 0.717) is 17.3 Å². The van der Waals surface area contributed by atoms with E-state index < -0.39 is 0 Å². The van der Waals surface area contributed by atoms with E-state index in [-0.39, 0.29) is 24.5 Å². The van der Waals surface area contributed by atoms with E-state index in [4.69, 9.17) is 0 Å². The standard InChI is InChI=1S/C17H21N3O3/c1-11-15(20-23-19-11)10-17(22)18-16(13-8-14(21)9-13)7-12-5-3-2-4-6-12/h2-6,13-14,16,21H,7-10H2,1H3,(H,18,22)/t13?,14?,16-/m1/s1. The number of nitrogens with zero attached hydrogens (tertiary/aromatic N) is 2. The molecule has 122 valence electrons. The minimum Gasteiger partial charge on any atom is -0.393 e. The van der Waals surface area contributed by atoms with Crippen molar-refractivity contribution in [2.75, 3.05) is 0 Å². The molecular formula is C17H21N3O3. The Hall–Kier alpha value is -2.21. The minimum absolute atomic E-state index is 0.0217. The number of hydrogen-bond donors (Lipinski definition) is 2. The first-order chi connectivity index (χ1) is 11.1. The molecule has 0 saturated heterocycles. The van der Waals surface area contributed by atoms with Crippen molar-refractivity contribution in [1.82, 2.24) is 15.6 Å². The van der Waals surface area contributed by atoms with Crippen LogP contribution in [0.15, 0.2) is 35.0 Å². The summed E-state index contributed by atoms with van der Waals surface area (Å²) < 4.78 is 4.63. The van der Waals surface area contributed by atoms with E-state index in [1.807, 2.05) is 18.2 Å². The Morgan fingerprint density at radius 1 is 1.35 bits per heavy atom. The number of hydrogen-bond acceptors (Lipinski definition) is 5. The SMILES string of the molecule is Cc1nonc1CC(=O)N[C@H](Cc1ccccc1)C1CC(O)C1. The number of aromatic nitrogens is 2. The van der Waals surface area contributed by atoms with Crippen LogP contribution in [-0.2, 0) is 17.6 Å². The predicted molar refractivity (Wildman–Crippen MR) is 83.5 cm³/mol. The lowest BCUT2D eigenvalue weighted by atomic mass is 9.75. The molecule has 2 N–H and O–H groups in total. The maximum absolute atomic E-state index is 12.3. The monoisotopic (exact) mass is 315 g/mol. The predicted octanol–water partition coefficient (Wildman–Crippen LogP) is 1.42. The van der Waals surface area contributed by atoms with Gasteiger partial charge in [0.2, 0.25) is 5.91 Å². The molecule has 1 amide bonds. The van der Waals surface area contributed by atoms with E-state index >= 15 is 0 Å².